The molecule has 8 aromatic rings. The number of benzene rings is 4. The maximum absolute atomic E-state index is 13.8. The van der Waals surface area contributed by atoms with Crippen molar-refractivity contribution in [1.29, 1.82) is 0 Å². The van der Waals surface area contributed by atoms with E-state index < -0.39 is 23.5 Å². The van der Waals surface area contributed by atoms with Gasteiger partial charge in [0.2, 0.25) is 0 Å². The molecule has 0 radical (unpaired) electrons. The first-order valence-corrected chi connectivity index (χ1v) is 17.6. The van der Waals surface area contributed by atoms with Crippen LogP contribution in [-0.4, -0.2) is 47.0 Å². The molecule has 0 bridgehead atoms. The number of nitrogens with one attached hydrogen (secondary N) is 3. The van der Waals surface area contributed by atoms with Gasteiger partial charge in [0.25, 0.3) is 0 Å². The molecule has 0 saturated heterocycles. The van der Waals surface area contributed by atoms with E-state index >= 15 is 0 Å². The number of halogens is 7. The van der Waals surface area contributed by atoms with Gasteiger partial charge in [-0.05, 0) is 41.8 Å². The standard InChI is InChI=1S/C21H20F3N5O.C18H12ClF3N4/c22-21(23,24)15-11-17-18(12-16(15)27-13-14-5-2-1-3-6-14)29-9-8-26-20(29)19(28-17)25-7-4-10-30;19-16-17-23-6-7-26(17)15-9-13(24-10-11-4-2-1-3-5-11)12(18(20,21)22)8-14(15)25-16/h1-3,5-6,8-9,11-12,27,30H,4,7,10,13H2,(H,25,28);1-9,24H,10H2. The summed E-state index contributed by atoms with van der Waals surface area (Å²) in [5.41, 5.74) is 2.41. The highest BCUT2D eigenvalue weighted by molar-refractivity contribution is 6.32. The molecule has 0 amide bonds. The molecule has 10 nitrogen and oxygen atoms in total. The summed E-state index contributed by atoms with van der Waals surface area (Å²) in [7, 11) is 0. The number of rotatable bonds is 10. The van der Waals surface area contributed by atoms with Crippen molar-refractivity contribution in [3.8, 4) is 0 Å². The minimum Gasteiger partial charge on any atom is -0.396 e. The van der Waals surface area contributed by atoms with E-state index in [0.29, 0.717) is 41.1 Å². The van der Waals surface area contributed by atoms with Crippen molar-refractivity contribution < 1.29 is 31.4 Å². The molecule has 288 valence electrons. The van der Waals surface area contributed by atoms with Gasteiger partial charge in [-0.15, -0.1) is 0 Å². The first-order chi connectivity index (χ1) is 26.9. The summed E-state index contributed by atoms with van der Waals surface area (Å²) in [5, 5.41) is 17.9. The van der Waals surface area contributed by atoms with Crippen molar-refractivity contribution in [3.05, 3.63) is 137 Å². The van der Waals surface area contributed by atoms with Crippen molar-refractivity contribution in [2.45, 2.75) is 31.9 Å². The average Bonchev–Trinajstić information content (AvgIpc) is 3.89. The Bertz CT molecular complexity index is 2610. The maximum atomic E-state index is 13.8. The largest absolute Gasteiger partial charge is 0.418 e. The van der Waals surface area contributed by atoms with Crippen LogP contribution in [0.1, 0.15) is 28.7 Å². The van der Waals surface area contributed by atoms with Crippen molar-refractivity contribution >= 4 is 62.2 Å². The summed E-state index contributed by atoms with van der Waals surface area (Å²) >= 11 is 6.03. The number of anilines is 3. The van der Waals surface area contributed by atoms with E-state index in [4.69, 9.17) is 16.7 Å². The van der Waals surface area contributed by atoms with Crippen LogP contribution in [0.4, 0.5) is 43.5 Å². The van der Waals surface area contributed by atoms with Gasteiger partial charge in [-0.1, -0.05) is 72.3 Å². The van der Waals surface area contributed by atoms with Gasteiger partial charge in [0, 0.05) is 62.4 Å². The van der Waals surface area contributed by atoms with Crippen molar-refractivity contribution in [2.24, 2.45) is 0 Å². The van der Waals surface area contributed by atoms with E-state index in [1.165, 1.54) is 18.3 Å². The predicted molar refractivity (Wildman–Crippen MR) is 204 cm³/mol. The Morgan fingerprint density at radius 1 is 0.625 bits per heavy atom. The molecule has 0 aliphatic rings. The highest BCUT2D eigenvalue weighted by Crippen LogP contribution is 2.39. The number of fused-ring (bicyclic) bond motifs is 6. The van der Waals surface area contributed by atoms with E-state index in [1.54, 1.807) is 27.4 Å². The Morgan fingerprint density at radius 2 is 1.11 bits per heavy atom. The molecule has 0 spiro atoms. The lowest BCUT2D eigenvalue weighted by atomic mass is 10.1. The fraction of sp³-hybridized carbons (Fsp3) is 0.179. The number of nitrogens with zero attached hydrogens (tertiary/aromatic N) is 6. The van der Waals surface area contributed by atoms with Crippen molar-refractivity contribution in [1.82, 2.24) is 28.7 Å². The minimum absolute atomic E-state index is 0.0000267. The van der Waals surface area contributed by atoms with Gasteiger partial charge >= 0.3 is 12.4 Å². The van der Waals surface area contributed by atoms with Crippen LogP contribution in [0.3, 0.4) is 0 Å². The molecule has 4 heterocycles. The Morgan fingerprint density at radius 3 is 1.61 bits per heavy atom. The number of aliphatic hydroxyl groups excluding tert-OH is 1. The number of aliphatic hydroxyl groups is 1. The van der Waals surface area contributed by atoms with Gasteiger partial charge < -0.3 is 21.1 Å². The van der Waals surface area contributed by atoms with Crippen LogP contribution in [0.5, 0.6) is 0 Å². The summed E-state index contributed by atoms with van der Waals surface area (Å²) in [6.45, 7) is 0.959. The third-order valence-electron chi connectivity index (χ3n) is 8.77. The molecule has 0 fully saturated rings. The van der Waals surface area contributed by atoms with Crippen LogP contribution in [0.25, 0.3) is 33.4 Å². The van der Waals surface area contributed by atoms with Gasteiger partial charge in [0.05, 0.1) is 33.2 Å². The van der Waals surface area contributed by atoms with Crippen molar-refractivity contribution in [2.75, 3.05) is 29.1 Å². The Kier molecular flexibility index (Phi) is 10.8. The molecule has 4 aromatic carbocycles. The Balaban J connectivity index is 0.000000173. The predicted octanol–water partition coefficient (Wildman–Crippen LogP) is 9.47. The third-order valence-corrected chi connectivity index (χ3v) is 9.02. The van der Waals surface area contributed by atoms with Crippen LogP contribution < -0.4 is 16.0 Å². The molecule has 4 N–H and O–H groups in total. The highest BCUT2D eigenvalue weighted by atomic mass is 35.5. The molecule has 0 aliphatic heterocycles. The van der Waals surface area contributed by atoms with Crippen LogP contribution in [0, 0.1) is 0 Å². The van der Waals surface area contributed by atoms with E-state index in [9.17, 15) is 26.3 Å². The van der Waals surface area contributed by atoms with Gasteiger partial charge in [0.1, 0.15) is 0 Å². The average molecular weight is 792 g/mol. The molecular weight excluding hydrogens is 760 g/mol. The summed E-state index contributed by atoms with van der Waals surface area (Å²) in [6, 6.07) is 23.4. The zero-order chi connectivity index (χ0) is 39.5. The number of hydrogen-bond acceptors (Lipinski definition) is 8. The van der Waals surface area contributed by atoms with Gasteiger partial charge in [0.15, 0.2) is 22.3 Å². The highest BCUT2D eigenvalue weighted by Gasteiger charge is 2.35. The number of imidazole rings is 2. The van der Waals surface area contributed by atoms with Crippen LogP contribution >= 0.6 is 11.6 Å². The molecule has 17 heteroatoms. The van der Waals surface area contributed by atoms with E-state index in [1.807, 2.05) is 60.7 Å². The minimum atomic E-state index is -4.54. The second kappa shape index (κ2) is 15.9. The molecule has 0 aliphatic carbocycles. The molecule has 56 heavy (non-hydrogen) atoms. The van der Waals surface area contributed by atoms with Gasteiger partial charge in [-0.2, -0.15) is 26.3 Å². The topological polar surface area (TPSA) is 117 Å². The quantitative estimate of drug-likeness (QED) is 0.0800. The second-order valence-corrected chi connectivity index (χ2v) is 12.9. The summed E-state index contributed by atoms with van der Waals surface area (Å²) in [4.78, 5) is 16.8. The third kappa shape index (κ3) is 8.25. The Labute approximate surface area is 319 Å². The molecule has 0 atom stereocenters. The first-order valence-electron chi connectivity index (χ1n) is 17.2. The molecule has 0 saturated carbocycles. The van der Waals surface area contributed by atoms with Crippen LogP contribution in [0.2, 0.25) is 5.15 Å². The fourth-order valence-electron chi connectivity index (χ4n) is 6.12. The lowest BCUT2D eigenvalue weighted by molar-refractivity contribution is -0.137. The SMILES string of the molecule is FC(F)(F)c1cc2nc(Cl)c3nccn3c2cc1NCc1ccccc1.OCCCNc1nc2cc(C(F)(F)F)c(NCc3ccccc3)cc2n2ccnc12. The lowest BCUT2D eigenvalue weighted by Crippen LogP contribution is -2.12. The zero-order valence-corrected chi connectivity index (χ0v) is 30.0. The van der Waals surface area contributed by atoms with Crippen LogP contribution in [-0.2, 0) is 25.4 Å². The van der Waals surface area contributed by atoms with Gasteiger partial charge in [-0.3, -0.25) is 8.80 Å². The second-order valence-electron chi connectivity index (χ2n) is 12.6. The monoisotopic (exact) mass is 791 g/mol. The van der Waals surface area contributed by atoms with E-state index in [2.05, 4.69) is 35.9 Å². The molecular formula is C39H32ClF6N9O. The Hall–Kier alpha value is -6.13. The summed E-state index contributed by atoms with van der Waals surface area (Å²) in [6.07, 6.45) is -2.15. The van der Waals surface area contributed by atoms with E-state index in [0.717, 1.165) is 23.3 Å². The summed E-state index contributed by atoms with van der Waals surface area (Å²) < 4.78 is 85.3. The summed E-state index contributed by atoms with van der Waals surface area (Å²) in [5.74, 6) is 0.374. The smallest absolute Gasteiger partial charge is 0.396 e. The normalized spacial score (nSPS) is 11.9. The zero-order valence-electron chi connectivity index (χ0n) is 29.2. The molecule has 8 rings (SSSR count). The fourth-order valence-corrected chi connectivity index (χ4v) is 6.35. The molecule has 4 aromatic heterocycles. The van der Waals surface area contributed by atoms with Gasteiger partial charge in [-0.25, -0.2) is 19.9 Å². The number of aromatic nitrogens is 6. The first kappa shape index (κ1) is 38.2. The number of alkyl halides is 6. The maximum Gasteiger partial charge on any atom is 0.418 e. The van der Waals surface area contributed by atoms with Crippen molar-refractivity contribution in [3.63, 3.8) is 0 Å². The van der Waals surface area contributed by atoms with E-state index in [-0.39, 0.29) is 47.3 Å². The number of hydrogen-bond donors (Lipinski definition) is 4. The molecule has 0 unspecified atom stereocenters. The van der Waals surface area contributed by atoms with Crippen LogP contribution in [0.15, 0.2) is 110 Å². The lowest BCUT2D eigenvalue weighted by Gasteiger charge is -2.17.